The number of rotatable bonds is 7. The molecule has 1 atom stereocenters. The number of nitrogens with one attached hydrogen (secondary N) is 1. The molecular formula is C23H15Cl2F3N6O2S. The molecule has 8 nitrogen and oxygen atoms in total. The fraction of sp³-hybridized carbons (Fsp3) is 0.174. The van der Waals surface area contributed by atoms with E-state index in [0.717, 1.165) is 17.5 Å². The number of amides is 1. The number of hydrogen-bond acceptors (Lipinski definition) is 8. The van der Waals surface area contributed by atoms with Crippen LogP contribution in [0.25, 0.3) is 11.3 Å². The zero-order valence-corrected chi connectivity index (χ0v) is 21.1. The molecule has 1 unspecified atom stereocenters. The number of Topliss-reactive ketones (excluding diaryl/α,β-unsaturated/α-hetero) is 1. The summed E-state index contributed by atoms with van der Waals surface area (Å²) in [6, 6.07) is 5.53. The van der Waals surface area contributed by atoms with E-state index in [2.05, 4.69) is 30.2 Å². The maximum Gasteiger partial charge on any atom is 0.418 e. The van der Waals surface area contributed by atoms with Crippen molar-refractivity contribution in [2.24, 2.45) is 0 Å². The Balaban J connectivity index is 1.43. The minimum Gasteiger partial charge on any atom is -0.306 e. The average molecular weight is 567 g/mol. The summed E-state index contributed by atoms with van der Waals surface area (Å²) >= 11 is 12.5. The average Bonchev–Trinajstić information content (AvgIpc) is 3.35. The van der Waals surface area contributed by atoms with Crippen molar-refractivity contribution >= 4 is 52.0 Å². The van der Waals surface area contributed by atoms with E-state index in [1.54, 1.807) is 25.1 Å². The van der Waals surface area contributed by atoms with Crippen molar-refractivity contribution in [2.45, 2.75) is 25.4 Å². The Morgan fingerprint density at radius 1 is 1.05 bits per heavy atom. The maximum absolute atomic E-state index is 13.1. The van der Waals surface area contributed by atoms with E-state index in [0.29, 0.717) is 22.3 Å². The van der Waals surface area contributed by atoms with Crippen LogP contribution in [0.5, 0.6) is 0 Å². The lowest BCUT2D eigenvalue weighted by Gasteiger charge is -2.10. The molecule has 1 N–H and O–H groups in total. The fourth-order valence-corrected chi connectivity index (χ4v) is 4.47. The van der Waals surface area contributed by atoms with Gasteiger partial charge in [-0.15, -0.1) is 11.3 Å². The molecule has 190 valence electrons. The number of nitrogens with zero attached hydrogens (tertiary/aromatic N) is 5. The van der Waals surface area contributed by atoms with Crippen LogP contribution >= 0.6 is 34.5 Å². The van der Waals surface area contributed by atoms with Crippen molar-refractivity contribution < 1.29 is 22.8 Å². The Bertz CT molecular complexity index is 1480. The van der Waals surface area contributed by atoms with Gasteiger partial charge < -0.3 is 5.32 Å². The van der Waals surface area contributed by atoms with Crippen molar-refractivity contribution in [1.82, 2.24) is 24.9 Å². The smallest absolute Gasteiger partial charge is 0.306 e. The van der Waals surface area contributed by atoms with E-state index in [1.807, 2.05) is 0 Å². The molecular weight excluding hydrogens is 552 g/mol. The second-order valence-electron chi connectivity index (χ2n) is 7.75. The predicted octanol–water partition coefficient (Wildman–Crippen LogP) is 6.34. The molecule has 0 aromatic carbocycles. The molecule has 37 heavy (non-hydrogen) atoms. The Labute approximate surface area is 222 Å². The fourth-order valence-electron chi connectivity index (χ4n) is 3.22. The molecule has 0 spiro atoms. The van der Waals surface area contributed by atoms with Crippen LogP contribution < -0.4 is 5.32 Å². The standard InChI is InChI=1S/C23H15Cl2F3N6O2S/c1-11(4-17(35)16-7-15(32-10-33-16)12-2-3-29-19(25)5-12)22-31-9-18(37-22)21(36)34-20-6-13(23(26,27)28)14(24)8-30-20/h2-3,5-11H,4H2,1H3,(H,30,34,36). The number of carbonyl (C=O) groups excluding carboxylic acids is 2. The molecule has 4 rings (SSSR count). The van der Waals surface area contributed by atoms with Gasteiger partial charge in [0.05, 0.1) is 27.5 Å². The minimum absolute atomic E-state index is 0.0514. The number of hydrogen-bond donors (Lipinski definition) is 1. The number of pyridine rings is 2. The Morgan fingerprint density at radius 3 is 2.57 bits per heavy atom. The summed E-state index contributed by atoms with van der Waals surface area (Å²) < 4.78 is 39.2. The first-order chi connectivity index (χ1) is 17.5. The van der Waals surface area contributed by atoms with Gasteiger partial charge in [0.25, 0.3) is 5.91 Å². The van der Waals surface area contributed by atoms with Crippen LogP contribution in [0.2, 0.25) is 10.2 Å². The monoisotopic (exact) mass is 566 g/mol. The van der Waals surface area contributed by atoms with Crippen molar-refractivity contribution in [1.29, 1.82) is 0 Å². The van der Waals surface area contributed by atoms with Crippen molar-refractivity contribution in [2.75, 3.05) is 5.32 Å². The molecule has 4 aromatic rings. The van der Waals surface area contributed by atoms with Gasteiger partial charge in [-0.3, -0.25) is 9.59 Å². The van der Waals surface area contributed by atoms with Gasteiger partial charge in [0.15, 0.2) is 5.78 Å². The van der Waals surface area contributed by atoms with Gasteiger partial charge >= 0.3 is 6.18 Å². The zero-order chi connectivity index (χ0) is 26.7. The molecule has 0 aliphatic carbocycles. The van der Waals surface area contributed by atoms with Crippen LogP contribution in [0, 0.1) is 0 Å². The van der Waals surface area contributed by atoms with E-state index in [1.165, 1.54) is 18.7 Å². The zero-order valence-electron chi connectivity index (χ0n) is 18.8. The summed E-state index contributed by atoms with van der Waals surface area (Å²) in [6.45, 7) is 1.76. The molecule has 0 aliphatic heterocycles. The Hall–Kier alpha value is -3.48. The van der Waals surface area contributed by atoms with Gasteiger partial charge in [-0.2, -0.15) is 13.2 Å². The summed E-state index contributed by atoms with van der Waals surface area (Å²) in [7, 11) is 0. The number of ketones is 1. The quantitative estimate of drug-likeness (QED) is 0.205. The summed E-state index contributed by atoms with van der Waals surface area (Å²) in [4.78, 5) is 45.6. The molecule has 14 heteroatoms. The molecule has 1 amide bonds. The van der Waals surface area contributed by atoms with Crippen LogP contribution in [0.1, 0.15) is 50.0 Å². The van der Waals surface area contributed by atoms with Crippen molar-refractivity contribution in [3.05, 3.63) is 80.5 Å². The largest absolute Gasteiger partial charge is 0.418 e. The van der Waals surface area contributed by atoms with Gasteiger partial charge in [0.1, 0.15) is 27.9 Å². The van der Waals surface area contributed by atoms with Gasteiger partial charge in [0.2, 0.25) is 0 Å². The summed E-state index contributed by atoms with van der Waals surface area (Å²) in [6.07, 6.45) is 0.255. The van der Waals surface area contributed by atoms with E-state index in [-0.39, 0.29) is 39.7 Å². The highest BCUT2D eigenvalue weighted by Gasteiger charge is 2.34. The molecule has 4 heterocycles. The summed E-state index contributed by atoms with van der Waals surface area (Å²) in [5.74, 6) is -1.63. The van der Waals surface area contributed by atoms with Crippen LogP contribution in [-0.4, -0.2) is 36.6 Å². The van der Waals surface area contributed by atoms with Crippen LogP contribution in [-0.2, 0) is 6.18 Å². The molecule has 0 saturated carbocycles. The third-order valence-electron chi connectivity index (χ3n) is 5.04. The number of alkyl halides is 3. The first-order valence-corrected chi connectivity index (χ1v) is 12.1. The van der Waals surface area contributed by atoms with Crippen molar-refractivity contribution in [3.8, 4) is 11.3 Å². The minimum atomic E-state index is -4.70. The van der Waals surface area contributed by atoms with Crippen LogP contribution in [0.15, 0.2) is 49.2 Å². The highest BCUT2D eigenvalue weighted by Crippen LogP contribution is 2.35. The molecule has 0 bridgehead atoms. The van der Waals surface area contributed by atoms with E-state index >= 15 is 0 Å². The summed E-state index contributed by atoms with van der Waals surface area (Å²) in [5, 5.41) is 2.51. The number of thiazole rings is 1. The number of halogens is 5. The molecule has 0 aliphatic rings. The normalized spacial score (nSPS) is 12.3. The Morgan fingerprint density at radius 2 is 1.84 bits per heavy atom. The van der Waals surface area contributed by atoms with Crippen molar-refractivity contribution in [3.63, 3.8) is 0 Å². The number of aromatic nitrogens is 5. The topological polar surface area (TPSA) is 111 Å². The molecule has 0 fully saturated rings. The highest BCUT2D eigenvalue weighted by atomic mass is 35.5. The predicted molar refractivity (Wildman–Crippen MR) is 132 cm³/mol. The lowest BCUT2D eigenvalue weighted by Crippen LogP contribution is -2.13. The van der Waals surface area contributed by atoms with E-state index in [9.17, 15) is 22.8 Å². The lowest BCUT2D eigenvalue weighted by molar-refractivity contribution is -0.137. The number of anilines is 1. The van der Waals surface area contributed by atoms with Crippen LogP contribution in [0.3, 0.4) is 0 Å². The second-order valence-corrected chi connectivity index (χ2v) is 9.60. The molecule has 4 aromatic heterocycles. The SMILES string of the molecule is CC(CC(=O)c1cc(-c2ccnc(Cl)c2)ncn1)c1ncc(C(=O)Nc2cc(C(F)(F)F)c(Cl)cn2)s1. The first kappa shape index (κ1) is 26.6. The van der Waals surface area contributed by atoms with Gasteiger partial charge in [-0.05, 0) is 24.3 Å². The molecule has 0 radical (unpaired) electrons. The first-order valence-electron chi connectivity index (χ1n) is 10.5. The van der Waals surface area contributed by atoms with Gasteiger partial charge in [-0.1, -0.05) is 30.1 Å². The van der Waals surface area contributed by atoms with Gasteiger partial charge in [-0.25, -0.2) is 24.9 Å². The van der Waals surface area contributed by atoms with E-state index in [4.69, 9.17) is 23.2 Å². The maximum atomic E-state index is 13.1. The Kier molecular flexibility index (Phi) is 7.81. The second kappa shape index (κ2) is 10.9. The third-order valence-corrected chi connectivity index (χ3v) is 6.77. The lowest BCUT2D eigenvalue weighted by atomic mass is 10.0. The highest BCUT2D eigenvalue weighted by molar-refractivity contribution is 7.13. The summed E-state index contributed by atoms with van der Waals surface area (Å²) in [5.41, 5.74) is 0.274. The van der Waals surface area contributed by atoms with Crippen LogP contribution in [0.4, 0.5) is 19.0 Å². The molecule has 0 saturated heterocycles. The third kappa shape index (κ3) is 6.45. The number of carbonyl (C=O) groups is 2. The van der Waals surface area contributed by atoms with Gasteiger partial charge in [0, 0.05) is 30.3 Å². The van der Waals surface area contributed by atoms with E-state index < -0.39 is 22.7 Å².